The number of carbonyl (C=O) groups excluding carboxylic acids is 2. The van der Waals surface area contributed by atoms with Crippen LogP contribution in [0, 0.1) is 10.1 Å². The Morgan fingerprint density at radius 3 is 2.38 bits per heavy atom. The number of thioether (sulfide) groups is 1. The van der Waals surface area contributed by atoms with Crippen molar-refractivity contribution in [3.63, 3.8) is 0 Å². The maximum Gasteiger partial charge on any atom is 0.270 e. The zero-order valence-electron chi connectivity index (χ0n) is 16.7. The smallest absolute Gasteiger partial charge is 0.270 e. The van der Waals surface area contributed by atoms with E-state index >= 15 is 0 Å². The summed E-state index contributed by atoms with van der Waals surface area (Å²) in [5, 5.41) is 16.5. The summed E-state index contributed by atoms with van der Waals surface area (Å²) in [6.07, 6.45) is 0. The standard InChI is InChI=1S/C22H17Cl2N3O4S/c1-13(21(28)26-19-7-3-6-18(23)20(19)24)32-17-10-8-15(9-11-17)25-22(29)14-4-2-5-16(12-14)27(30)31/h2-13H,1H3,(H,25,29)(H,26,28). The minimum absolute atomic E-state index is 0.157. The molecule has 1 unspecified atom stereocenters. The maximum atomic E-state index is 12.5. The van der Waals surface area contributed by atoms with Crippen molar-refractivity contribution in [3.05, 3.63) is 92.5 Å². The lowest BCUT2D eigenvalue weighted by Crippen LogP contribution is -2.22. The Bertz CT molecular complexity index is 1170. The van der Waals surface area contributed by atoms with Gasteiger partial charge in [-0.2, -0.15) is 0 Å². The Balaban J connectivity index is 1.60. The van der Waals surface area contributed by atoms with Gasteiger partial charge in [0.15, 0.2) is 0 Å². The number of nitro benzene ring substituents is 1. The van der Waals surface area contributed by atoms with E-state index in [1.54, 1.807) is 49.4 Å². The van der Waals surface area contributed by atoms with Gasteiger partial charge in [-0.05, 0) is 49.4 Å². The van der Waals surface area contributed by atoms with Gasteiger partial charge in [-0.15, -0.1) is 11.8 Å². The summed E-state index contributed by atoms with van der Waals surface area (Å²) in [5.74, 6) is -0.692. The minimum atomic E-state index is -0.555. The van der Waals surface area contributed by atoms with Gasteiger partial charge in [0, 0.05) is 28.3 Å². The van der Waals surface area contributed by atoms with Crippen molar-refractivity contribution < 1.29 is 14.5 Å². The molecule has 0 bridgehead atoms. The predicted octanol–water partition coefficient (Wildman–Crippen LogP) is 6.27. The lowest BCUT2D eigenvalue weighted by Gasteiger charge is -2.14. The molecule has 0 heterocycles. The molecule has 7 nitrogen and oxygen atoms in total. The first-order chi connectivity index (χ1) is 15.2. The first-order valence-electron chi connectivity index (χ1n) is 9.32. The monoisotopic (exact) mass is 489 g/mol. The largest absolute Gasteiger partial charge is 0.324 e. The third kappa shape index (κ3) is 6.00. The summed E-state index contributed by atoms with van der Waals surface area (Å²) in [4.78, 5) is 36.0. The fourth-order valence-electron chi connectivity index (χ4n) is 2.67. The molecule has 32 heavy (non-hydrogen) atoms. The number of anilines is 2. The molecule has 0 spiro atoms. The molecule has 0 aliphatic heterocycles. The van der Waals surface area contributed by atoms with Crippen molar-refractivity contribution in [1.29, 1.82) is 0 Å². The molecule has 0 radical (unpaired) electrons. The molecule has 2 N–H and O–H groups in total. The molecule has 3 aromatic carbocycles. The van der Waals surface area contributed by atoms with E-state index in [1.807, 2.05) is 0 Å². The summed E-state index contributed by atoms with van der Waals surface area (Å²) >= 11 is 13.4. The molecule has 2 amide bonds. The van der Waals surface area contributed by atoms with Gasteiger partial charge in [-0.1, -0.05) is 35.3 Å². The van der Waals surface area contributed by atoms with Gasteiger partial charge in [0.2, 0.25) is 5.91 Å². The normalized spacial score (nSPS) is 11.5. The average molecular weight is 490 g/mol. The highest BCUT2D eigenvalue weighted by atomic mass is 35.5. The van der Waals surface area contributed by atoms with Crippen LogP contribution in [0.4, 0.5) is 17.1 Å². The van der Waals surface area contributed by atoms with E-state index in [0.29, 0.717) is 16.4 Å². The van der Waals surface area contributed by atoms with Gasteiger partial charge >= 0.3 is 0 Å². The van der Waals surface area contributed by atoms with Crippen LogP contribution < -0.4 is 10.6 Å². The zero-order valence-corrected chi connectivity index (χ0v) is 19.0. The zero-order chi connectivity index (χ0) is 23.3. The highest BCUT2D eigenvalue weighted by molar-refractivity contribution is 8.00. The van der Waals surface area contributed by atoms with Crippen LogP contribution >= 0.6 is 35.0 Å². The lowest BCUT2D eigenvalue weighted by molar-refractivity contribution is -0.384. The van der Waals surface area contributed by atoms with Crippen LogP contribution in [0.15, 0.2) is 71.6 Å². The molecule has 0 aromatic heterocycles. The van der Waals surface area contributed by atoms with E-state index in [-0.39, 0.29) is 22.2 Å². The van der Waals surface area contributed by atoms with Crippen LogP contribution in [-0.2, 0) is 4.79 Å². The van der Waals surface area contributed by atoms with Gasteiger partial charge in [0.05, 0.1) is 25.9 Å². The molecule has 10 heteroatoms. The summed E-state index contributed by atoms with van der Waals surface area (Å²) in [6, 6.07) is 17.4. The van der Waals surface area contributed by atoms with Gasteiger partial charge in [-0.3, -0.25) is 19.7 Å². The summed E-state index contributed by atoms with van der Waals surface area (Å²) in [5.41, 5.74) is 0.989. The average Bonchev–Trinajstić information content (AvgIpc) is 2.78. The van der Waals surface area contributed by atoms with Crippen LogP contribution in [-0.4, -0.2) is 22.0 Å². The van der Waals surface area contributed by atoms with Crippen molar-refractivity contribution in [3.8, 4) is 0 Å². The number of nitro groups is 1. The Morgan fingerprint density at radius 1 is 1.00 bits per heavy atom. The van der Waals surface area contributed by atoms with E-state index in [1.165, 1.54) is 36.0 Å². The van der Waals surface area contributed by atoms with Crippen molar-refractivity contribution in [2.24, 2.45) is 0 Å². The maximum absolute atomic E-state index is 12.5. The highest BCUT2D eigenvalue weighted by Gasteiger charge is 2.17. The molecule has 0 aliphatic rings. The van der Waals surface area contributed by atoms with E-state index < -0.39 is 16.1 Å². The third-order valence-corrected chi connectivity index (χ3v) is 6.25. The molecule has 3 aromatic rings. The van der Waals surface area contributed by atoms with Crippen molar-refractivity contribution in [2.45, 2.75) is 17.1 Å². The number of halogens is 2. The van der Waals surface area contributed by atoms with Gasteiger partial charge in [0.1, 0.15) is 0 Å². The van der Waals surface area contributed by atoms with Crippen LogP contribution in [0.3, 0.4) is 0 Å². The number of rotatable bonds is 7. The van der Waals surface area contributed by atoms with Crippen LogP contribution in [0.25, 0.3) is 0 Å². The second-order valence-electron chi connectivity index (χ2n) is 6.64. The summed E-state index contributed by atoms with van der Waals surface area (Å²) in [6.45, 7) is 1.76. The van der Waals surface area contributed by atoms with E-state index in [2.05, 4.69) is 10.6 Å². The summed E-state index contributed by atoms with van der Waals surface area (Å²) in [7, 11) is 0. The van der Waals surface area contributed by atoms with Crippen molar-refractivity contribution >= 4 is 63.8 Å². The van der Waals surface area contributed by atoms with Gasteiger partial charge in [0.25, 0.3) is 11.6 Å². The molecular formula is C22H17Cl2N3O4S. The quantitative estimate of drug-likeness (QED) is 0.231. The molecule has 164 valence electrons. The topological polar surface area (TPSA) is 101 Å². The molecule has 0 fully saturated rings. The Hall–Kier alpha value is -3.07. The van der Waals surface area contributed by atoms with Gasteiger partial charge < -0.3 is 10.6 Å². The van der Waals surface area contributed by atoms with Crippen molar-refractivity contribution in [1.82, 2.24) is 0 Å². The van der Waals surface area contributed by atoms with Crippen LogP contribution in [0.1, 0.15) is 17.3 Å². The highest BCUT2D eigenvalue weighted by Crippen LogP contribution is 2.31. The molecule has 0 aliphatic carbocycles. The minimum Gasteiger partial charge on any atom is -0.324 e. The number of nitrogens with zero attached hydrogens (tertiary/aromatic N) is 1. The van der Waals surface area contributed by atoms with Gasteiger partial charge in [-0.25, -0.2) is 0 Å². The number of benzene rings is 3. The van der Waals surface area contributed by atoms with E-state index in [9.17, 15) is 19.7 Å². The Morgan fingerprint density at radius 2 is 1.69 bits per heavy atom. The number of non-ortho nitro benzene ring substituents is 1. The van der Waals surface area contributed by atoms with Crippen LogP contribution in [0.2, 0.25) is 10.0 Å². The number of hydrogen-bond donors (Lipinski definition) is 2. The molecule has 0 saturated heterocycles. The number of carbonyl (C=O) groups is 2. The lowest BCUT2D eigenvalue weighted by atomic mass is 10.2. The Labute approximate surface area is 198 Å². The van der Waals surface area contributed by atoms with E-state index in [0.717, 1.165) is 4.90 Å². The predicted molar refractivity (Wildman–Crippen MR) is 128 cm³/mol. The number of hydrogen-bond acceptors (Lipinski definition) is 5. The molecule has 0 saturated carbocycles. The SMILES string of the molecule is CC(Sc1ccc(NC(=O)c2cccc([N+](=O)[O-])c2)cc1)C(=O)Nc1cccc(Cl)c1Cl. The molecule has 3 rings (SSSR count). The fourth-order valence-corrected chi connectivity index (χ4v) is 3.89. The summed E-state index contributed by atoms with van der Waals surface area (Å²) < 4.78 is 0. The number of amides is 2. The van der Waals surface area contributed by atoms with Crippen molar-refractivity contribution in [2.75, 3.05) is 10.6 Å². The van der Waals surface area contributed by atoms with E-state index in [4.69, 9.17) is 23.2 Å². The fraction of sp³-hybridized carbons (Fsp3) is 0.0909. The van der Waals surface area contributed by atoms with Crippen LogP contribution in [0.5, 0.6) is 0 Å². The molecular weight excluding hydrogens is 473 g/mol. The third-order valence-electron chi connectivity index (χ3n) is 4.32. The first kappa shape index (κ1) is 23.6. The second-order valence-corrected chi connectivity index (χ2v) is 8.84. The second kappa shape index (κ2) is 10.5. The first-order valence-corrected chi connectivity index (χ1v) is 11.0. The Kier molecular flexibility index (Phi) is 7.74. The number of nitrogens with one attached hydrogen (secondary N) is 2. The molecule has 1 atom stereocenters.